The van der Waals surface area contributed by atoms with Crippen LogP contribution in [0, 0.1) is 6.92 Å². The highest BCUT2D eigenvalue weighted by molar-refractivity contribution is 5.85. The number of amides is 1. The molecule has 2 N–H and O–H groups in total. The third kappa shape index (κ3) is 5.11. The average molecular weight is 341 g/mol. The van der Waals surface area contributed by atoms with E-state index in [9.17, 15) is 4.79 Å². The van der Waals surface area contributed by atoms with Gasteiger partial charge in [-0.3, -0.25) is 4.79 Å². The fourth-order valence-electron chi connectivity index (χ4n) is 2.81. The van der Waals surface area contributed by atoms with Crippen LogP contribution in [0.1, 0.15) is 50.7 Å². The number of carbonyl (C=O) groups excluding carboxylic acids is 1. The van der Waals surface area contributed by atoms with Gasteiger partial charge >= 0.3 is 0 Å². The van der Waals surface area contributed by atoms with Gasteiger partial charge in [-0.1, -0.05) is 26.0 Å². The topological polar surface area (TPSA) is 55.6 Å². The third-order valence-corrected chi connectivity index (χ3v) is 4.30. The maximum Gasteiger partial charge on any atom is 0.263 e. The molecule has 1 saturated heterocycles. The van der Waals surface area contributed by atoms with Crippen molar-refractivity contribution in [1.82, 2.24) is 4.90 Å². The van der Waals surface area contributed by atoms with E-state index in [0.717, 1.165) is 30.7 Å². The molecule has 1 fully saturated rings. The average Bonchev–Trinajstić information content (AvgIpc) is 2.48. The van der Waals surface area contributed by atoms with Crippen LogP contribution in [0.4, 0.5) is 0 Å². The van der Waals surface area contributed by atoms with Crippen LogP contribution in [-0.4, -0.2) is 36.0 Å². The molecule has 1 aliphatic heterocycles. The molecule has 1 aromatic carbocycles. The molecule has 23 heavy (non-hydrogen) atoms. The molecule has 2 unspecified atom stereocenters. The summed E-state index contributed by atoms with van der Waals surface area (Å²) < 4.78 is 5.95. The molecule has 1 aliphatic rings. The molecule has 2 rings (SSSR count). The SMILES string of the molecule is Cc1ccc(C(C)C)cc1OC(C)C(=O)N1CCCC(N)C1.Cl. The van der Waals surface area contributed by atoms with Gasteiger partial charge in [0.15, 0.2) is 6.10 Å². The first kappa shape index (κ1) is 19.8. The number of carbonyl (C=O) groups is 1. The molecule has 130 valence electrons. The Labute approximate surface area is 145 Å². The number of hydrogen-bond donors (Lipinski definition) is 1. The van der Waals surface area contributed by atoms with Crippen LogP contribution in [0.25, 0.3) is 0 Å². The molecule has 0 bridgehead atoms. The van der Waals surface area contributed by atoms with Gasteiger partial charge in [-0.15, -0.1) is 12.4 Å². The Bertz CT molecular complexity index is 534. The van der Waals surface area contributed by atoms with E-state index < -0.39 is 6.10 Å². The maximum atomic E-state index is 12.5. The van der Waals surface area contributed by atoms with Gasteiger partial charge in [-0.25, -0.2) is 0 Å². The van der Waals surface area contributed by atoms with Crippen molar-refractivity contribution in [3.05, 3.63) is 29.3 Å². The van der Waals surface area contributed by atoms with E-state index in [1.165, 1.54) is 5.56 Å². The Kier molecular flexibility index (Phi) is 7.36. The van der Waals surface area contributed by atoms with Crippen molar-refractivity contribution in [2.24, 2.45) is 5.73 Å². The molecule has 4 nitrogen and oxygen atoms in total. The molecule has 0 aliphatic carbocycles. The summed E-state index contributed by atoms with van der Waals surface area (Å²) in [4.78, 5) is 14.4. The Balaban J connectivity index is 0.00000264. The molecule has 1 heterocycles. The molecule has 5 heteroatoms. The standard InChI is InChI=1S/C18H28N2O2.ClH/c1-12(2)15-8-7-13(3)17(10-15)22-14(4)18(21)20-9-5-6-16(19)11-20;/h7-8,10,12,14,16H,5-6,9,11,19H2,1-4H3;1H. The normalized spacial score (nSPS) is 19.2. The number of nitrogens with two attached hydrogens (primary N) is 1. The van der Waals surface area contributed by atoms with Crippen molar-refractivity contribution < 1.29 is 9.53 Å². The first-order valence-electron chi connectivity index (χ1n) is 8.20. The van der Waals surface area contributed by atoms with E-state index >= 15 is 0 Å². The first-order chi connectivity index (χ1) is 10.4. The van der Waals surface area contributed by atoms with Crippen LogP contribution in [0.3, 0.4) is 0 Å². The minimum Gasteiger partial charge on any atom is -0.481 e. The Morgan fingerprint density at radius 1 is 1.35 bits per heavy atom. The van der Waals surface area contributed by atoms with Crippen molar-refractivity contribution in [2.75, 3.05) is 13.1 Å². The molecule has 0 radical (unpaired) electrons. The fraction of sp³-hybridized carbons (Fsp3) is 0.611. The Morgan fingerprint density at radius 2 is 2.04 bits per heavy atom. The number of rotatable bonds is 4. The lowest BCUT2D eigenvalue weighted by Gasteiger charge is -2.32. The molecule has 0 spiro atoms. The van der Waals surface area contributed by atoms with Crippen molar-refractivity contribution in [3.63, 3.8) is 0 Å². The van der Waals surface area contributed by atoms with E-state index in [1.807, 2.05) is 24.8 Å². The van der Waals surface area contributed by atoms with Crippen molar-refractivity contribution in [1.29, 1.82) is 0 Å². The van der Waals surface area contributed by atoms with Crippen molar-refractivity contribution >= 4 is 18.3 Å². The second-order valence-corrected chi connectivity index (χ2v) is 6.63. The lowest BCUT2D eigenvalue weighted by atomic mass is 10.0. The zero-order valence-corrected chi connectivity index (χ0v) is 15.4. The second-order valence-electron chi connectivity index (χ2n) is 6.63. The lowest BCUT2D eigenvalue weighted by Crippen LogP contribution is -2.49. The van der Waals surface area contributed by atoms with Crippen LogP contribution in [-0.2, 0) is 4.79 Å². The van der Waals surface area contributed by atoms with Crippen molar-refractivity contribution in [2.45, 2.75) is 58.6 Å². The van der Waals surface area contributed by atoms with Gasteiger partial charge in [0.1, 0.15) is 5.75 Å². The first-order valence-corrected chi connectivity index (χ1v) is 8.20. The van der Waals surface area contributed by atoms with Crippen molar-refractivity contribution in [3.8, 4) is 5.75 Å². The lowest BCUT2D eigenvalue weighted by molar-refractivity contribution is -0.139. The molecule has 1 amide bonds. The molecular weight excluding hydrogens is 312 g/mol. The summed E-state index contributed by atoms with van der Waals surface area (Å²) in [7, 11) is 0. The van der Waals surface area contributed by atoms with Gasteiger partial charge in [0, 0.05) is 19.1 Å². The van der Waals surface area contributed by atoms with Gasteiger partial charge in [-0.2, -0.15) is 0 Å². The van der Waals surface area contributed by atoms with Crippen LogP contribution in [0.5, 0.6) is 5.75 Å². The molecule has 0 saturated carbocycles. The number of ether oxygens (including phenoxy) is 1. The van der Waals surface area contributed by atoms with Gasteiger partial charge in [0.05, 0.1) is 0 Å². The summed E-state index contributed by atoms with van der Waals surface area (Å²) in [5, 5.41) is 0. The summed E-state index contributed by atoms with van der Waals surface area (Å²) in [5.41, 5.74) is 8.24. The predicted octanol–water partition coefficient (Wildman–Crippen LogP) is 3.26. The summed E-state index contributed by atoms with van der Waals surface area (Å²) in [5.74, 6) is 1.27. The highest BCUT2D eigenvalue weighted by Gasteiger charge is 2.26. The van der Waals surface area contributed by atoms with Crippen LogP contribution in [0.15, 0.2) is 18.2 Å². The number of nitrogens with zero attached hydrogens (tertiary/aromatic N) is 1. The van der Waals surface area contributed by atoms with Gasteiger partial charge in [0.2, 0.25) is 0 Å². The number of piperidine rings is 1. The fourth-order valence-corrected chi connectivity index (χ4v) is 2.81. The zero-order chi connectivity index (χ0) is 16.3. The van der Waals surface area contributed by atoms with Gasteiger partial charge in [0.25, 0.3) is 5.91 Å². The van der Waals surface area contributed by atoms with Gasteiger partial charge in [-0.05, 0) is 49.8 Å². The second kappa shape index (κ2) is 8.55. The number of halogens is 1. The zero-order valence-electron chi connectivity index (χ0n) is 14.5. The Morgan fingerprint density at radius 3 is 2.65 bits per heavy atom. The molecule has 1 aromatic rings. The molecule has 2 atom stereocenters. The number of benzene rings is 1. The van der Waals surface area contributed by atoms with E-state index in [-0.39, 0.29) is 24.4 Å². The highest BCUT2D eigenvalue weighted by atomic mass is 35.5. The smallest absolute Gasteiger partial charge is 0.263 e. The van der Waals surface area contributed by atoms with E-state index in [0.29, 0.717) is 12.5 Å². The summed E-state index contributed by atoms with van der Waals surface area (Å²) >= 11 is 0. The highest BCUT2D eigenvalue weighted by Crippen LogP contribution is 2.25. The van der Waals surface area contributed by atoms with Crippen LogP contribution >= 0.6 is 12.4 Å². The Hall–Kier alpha value is -1.26. The van der Waals surface area contributed by atoms with Gasteiger partial charge < -0.3 is 15.4 Å². The minimum absolute atomic E-state index is 0. The summed E-state index contributed by atoms with van der Waals surface area (Å²) in [6, 6.07) is 6.31. The summed E-state index contributed by atoms with van der Waals surface area (Å²) in [6.45, 7) is 9.55. The van der Waals surface area contributed by atoms with Crippen LogP contribution < -0.4 is 10.5 Å². The largest absolute Gasteiger partial charge is 0.481 e. The number of aryl methyl sites for hydroxylation is 1. The van der Waals surface area contributed by atoms with E-state index in [2.05, 4.69) is 26.0 Å². The van der Waals surface area contributed by atoms with E-state index in [1.54, 1.807) is 0 Å². The number of likely N-dealkylation sites (tertiary alicyclic amines) is 1. The van der Waals surface area contributed by atoms with E-state index in [4.69, 9.17) is 10.5 Å². The molecular formula is C18H29ClN2O2. The maximum absolute atomic E-state index is 12.5. The molecule has 0 aromatic heterocycles. The third-order valence-electron chi connectivity index (χ3n) is 4.30. The monoisotopic (exact) mass is 340 g/mol. The summed E-state index contributed by atoms with van der Waals surface area (Å²) in [6.07, 6.45) is 1.49. The van der Waals surface area contributed by atoms with Crippen LogP contribution in [0.2, 0.25) is 0 Å². The predicted molar refractivity (Wildman–Crippen MR) is 96.4 cm³/mol. The number of hydrogen-bond acceptors (Lipinski definition) is 3. The quantitative estimate of drug-likeness (QED) is 0.915. The minimum atomic E-state index is -0.480.